The first-order valence-corrected chi connectivity index (χ1v) is 10.1. The third-order valence-electron chi connectivity index (χ3n) is 5.90. The topological polar surface area (TPSA) is 59.0 Å². The second-order valence-electron chi connectivity index (χ2n) is 8.26. The second-order valence-corrected chi connectivity index (χ2v) is 8.26. The Morgan fingerprint density at radius 3 is 2.73 bits per heavy atom. The van der Waals surface area contributed by atoms with Crippen LogP contribution in [0.4, 0.5) is 0 Å². The monoisotopic (exact) mass is 354 g/mol. The fraction of sp³-hybridized carbons (Fsp3) is 0.619. The second kappa shape index (κ2) is 7.39. The van der Waals surface area contributed by atoms with Gasteiger partial charge in [-0.1, -0.05) is 12.1 Å². The Morgan fingerprint density at radius 2 is 2.00 bits per heavy atom. The Labute approximate surface area is 155 Å². The molecule has 2 saturated heterocycles. The average Bonchev–Trinajstić information content (AvgIpc) is 3.14. The van der Waals surface area contributed by atoms with Crippen LogP contribution in [0.5, 0.6) is 0 Å². The fourth-order valence-corrected chi connectivity index (χ4v) is 4.84. The van der Waals surface area contributed by atoms with E-state index in [4.69, 9.17) is 4.98 Å². The molecule has 1 amide bonds. The maximum absolute atomic E-state index is 12.4. The molecule has 2 aliphatic rings. The first-order chi connectivity index (χ1) is 12.6. The molecule has 4 rings (SSSR count). The van der Waals surface area contributed by atoms with E-state index in [1.807, 2.05) is 6.07 Å². The number of hydrogen-bond acceptors (Lipinski definition) is 3. The normalized spacial score (nSPS) is 25.1. The van der Waals surface area contributed by atoms with Crippen LogP contribution < -0.4 is 10.6 Å². The first kappa shape index (κ1) is 17.5. The van der Waals surface area contributed by atoms with Crippen LogP contribution in [-0.2, 0) is 11.2 Å². The number of carbonyl (C=O) groups is 1. The molecule has 140 valence electrons. The number of benzene rings is 1. The van der Waals surface area contributed by atoms with Gasteiger partial charge in [0.25, 0.3) is 0 Å². The minimum Gasteiger partial charge on any atom is -0.356 e. The summed E-state index contributed by atoms with van der Waals surface area (Å²) in [6.45, 7) is 5.02. The molecule has 1 aromatic carbocycles. The van der Waals surface area contributed by atoms with Crippen molar-refractivity contribution in [3.8, 4) is 0 Å². The first-order valence-electron chi connectivity index (χ1n) is 10.1. The molecule has 0 radical (unpaired) electrons. The van der Waals surface area contributed by atoms with Crippen LogP contribution in [0.25, 0.3) is 11.0 Å². The van der Waals surface area contributed by atoms with Gasteiger partial charge in [-0.25, -0.2) is 4.98 Å². The van der Waals surface area contributed by atoms with Gasteiger partial charge in [-0.2, -0.15) is 0 Å². The van der Waals surface area contributed by atoms with Crippen LogP contribution in [0.3, 0.4) is 0 Å². The molecule has 2 atom stereocenters. The number of rotatable bonds is 6. The summed E-state index contributed by atoms with van der Waals surface area (Å²) in [6.07, 6.45) is 6.34. The Hall–Kier alpha value is -1.88. The predicted molar refractivity (Wildman–Crippen MR) is 104 cm³/mol. The van der Waals surface area contributed by atoms with E-state index in [9.17, 15) is 4.79 Å². The molecule has 5 nitrogen and oxygen atoms in total. The van der Waals surface area contributed by atoms with E-state index >= 15 is 0 Å². The van der Waals surface area contributed by atoms with E-state index in [-0.39, 0.29) is 5.91 Å². The van der Waals surface area contributed by atoms with Crippen molar-refractivity contribution in [2.75, 3.05) is 6.54 Å². The van der Waals surface area contributed by atoms with Gasteiger partial charge in [-0.3, -0.25) is 4.79 Å². The zero-order valence-corrected chi connectivity index (χ0v) is 15.9. The SMILES string of the molecule is CC(C)n1c(CCNC(=O)CC2CC3CCC(C2)N3)nc2ccccc21. The number of nitrogens with zero attached hydrogens (tertiary/aromatic N) is 2. The molecule has 2 fully saturated rings. The van der Waals surface area contributed by atoms with Gasteiger partial charge < -0.3 is 15.2 Å². The minimum absolute atomic E-state index is 0.198. The molecular weight excluding hydrogens is 324 g/mol. The number of imidazole rings is 1. The van der Waals surface area contributed by atoms with Gasteiger partial charge in [0.2, 0.25) is 5.91 Å². The molecule has 2 bridgehead atoms. The number of hydrogen-bond donors (Lipinski definition) is 2. The van der Waals surface area contributed by atoms with Crippen molar-refractivity contribution in [2.24, 2.45) is 5.92 Å². The lowest BCUT2D eigenvalue weighted by atomic mass is 9.89. The third-order valence-corrected chi connectivity index (χ3v) is 5.90. The quantitative estimate of drug-likeness (QED) is 0.837. The zero-order valence-electron chi connectivity index (χ0n) is 15.9. The summed E-state index contributed by atoms with van der Waals surface area (Å²) < 4.78 is 2.28. The van der Waals surface area contributed by atoms with Crippen LogP contribution >= 0.6 is 0 Å². The van der Waals surface area contributed by atoms with Crippen molar-refractivity contribution in [1.29, 1.82) is 0 Å². The van der Waals surface area contributed by atoms with Crippen molar-refractivity contribution >= 4 is 16.9 Å². The number of fused-ring (bicyclic) bond motifs is 3. The number of nitrogens with one attached hydrogen (secondary N) is 2. The lowest BCUT2D eigenvalue weighted by Gasteiger charge is -2.28. The van der Waals surface area contributed by atoms with Crippen LogP contribution in [0, 0.1) is 5.92 Å². The molecule has 2 unspecified atom stereocenters. The standard InChI is InChI=1S/C21H30N4O/c1-14(2)25-19-6-4-3-5-18(19)24-20(25)9-10-22-21(26)13-15-11-16-7-8-17(12-15)23-16/h3-6,14-17,23H,7-13H2,1-2H3,(H,22,26). The summed E-state index contributed by atoms with van der Waals surface area (Å²) in [6, 6.07) is 9.92. The van der Waals surface area contributed by atoms with E-state index < -0.39 is 0 Å². The summed E-state index contributed by atoms with van der Waals surface area (Å²) in [4.78, 5) is 17.1. The number of carbonyl (C=O) groups excluding carboxylic acids is 1. The molecular formula is C21H30N4O. The molecule has 2 aliphatic heterocycles. The highest BCUT2D eigenvalue weighted by Crippen LogP contribution is 2.32. The van der Waals surface area contributed by atoms with Gasteiger partial charge in [0.05, 0.1) is 11.0 Å². The number of aromatic nitrogens is 2. The summed E-state index contributed by atoms with van der Waals surface area (Å²) in [5, 5.41) is 6.77. The van der Waals surface area contributed by atoms with Crippen LogP contribution in [0.1, 0.15) is 57.8 Å². The largest absolute Gasteiger partial charge is 0.356 e. The number of amides is 1. The molecule has 0 aliphatic carbocycles. The van der Waals surface area contributed by atoms with E-state index in [1.54, 1.807) is 0 Å². The van der Waals surface area contributed by atoms with Gasteiger partial charge in [0.15, 0.2) is 0 Å². The van der Waals surface area contributed by atoms with Gasteiger partial charge in [-0.05, 0) is 57.6 Å². The highest BCUT2D eigenvalue weighted by Gasteiger charge is 2.34. The highest BCUT2D eigenvalue weighted by atomic mass is 16.1. The molecule has 1 aromatic heterocycles. The lowest BCUT2D eigenvalue weighted by molar-refractivity contribution is -0.122. The Kier molecular flexibility index (Phi) is 4.98. The maximum atomic E-state index is 12.4. The molecule has 0 spiro atoms. The Bertz CT molecular complexity index is 769. The number of para-hydroxylation sites is 2. The maximum Gasteiger partial charge on any atom is 0.220 e. The van der Waals surface area contributed by atoms with Crippen molar-refractivity contribution in [3.05, 3.63) is 30.1 Å². The lowest BCUT2D eigenvalue weighted by Crippen LogP contribution is -2.39. The zero-order chi connectivity index (χ0) is 18.1. The molecule has 0 saturated carbocycles. The van der Waals surface area contributed by atoms with Crippen molar-refractivity contribution in [3.63, 3.8) is 0 Å². The van der Waals surface area contributed by atoms with Crippen LogP contribution in [-0.4, -0.2) is 34.1 Å². The van der Waals surface area contributed by atoms with Gasteiger partial charge in [0.1, 0.15) is 5.82 Å². The summed E-state index contributed by atoms with van der Waals surface area (Å²) in [5.74, 6) is 1.80. The van der Waals surface area contributed by atoms with Crippen molar-refractivity contribution in [2.45, 2.75) is 70.5 Å². The Balaban J connectivity index is 1.32. The molecule has 26 heavy (non-hydrogen) atoms. The van der Waals surface area contributed by atoms with Gasteiger partial charge in [0, 0.05) is 37.5 Å². The predicted octanol–water partition coefficient (Wildman–Crippen LogP) is 3.20. The van der Waals surface area contributed by atoms with E-state index in [0.29, 0.717) is 37.0 Å². The van der Waals surface area contributed by atoms with E-state index in [1.165, 1.54) is 18.4 Å². The number of piperidine rings is 1. The highest BCUT2D eigenvalue weighted by molar-refractivity contribution is 5.77. The molecule has 2 aromatic rings. The minimum atomic E-state index is 0.198. The fourth-order valence-electron chi connectivity index (χ4n) is 4.84. The average molecular weight is 354 g/mol. The molecule has 5 heteroatoms. The van der Waals surface area contributed by atoms with Crippen LogP contribution in [0.15, 0.2) is 24.3 Å². The van der Waals surface area contributed by atoms with E-state index in [0.717, 1.165) is 30.6 Å². The smallest absolute Gasteiger partial charge is 0.220 e. The summed E-state index contributed by atoms with van der Waals surface area (Å²) in [7, 11) is 0. The van der Waals surface area contributed by atoms with E-state index in [2.05, 4.69) is 47.2 Å². The Morgan fingerprint density at radius 1 is 1.27 bits per heavy atom. The summed E-state index contributed by atoms with van der Waals surface area (Å²) in [5.41, 5.74) is 2.21. The van der Waals surface area contributed by atoms with Crippen LogP contribution in [0.2, 0.25) is 0 Å². The van der Waals surface area contributed by atoms with Gasteiger partial charge in [-0.15, -0.1) is 0 Å². The van der Waals surface area contributed by atoms with Crippen molar-refractivity contribution in [1.82, 2.24) is 20.2 Å². The third kappa shape index (κ3) is 3.63. The van der Waals surface area contributed by atoms with Crippen molar-refractivity contribution < 1.29 is 4.79 Å². The summed E-state index contributed by atoms with van der Waals surface area (Å²) >= 11 is 0. The molecule has 2 N–H and O–H groups in total. The molecule has 3 heterocycles. The van der Waals surface area contributed by atoms with Gasteiger partial charge >= 0.3 is 0 Å².